The van der Waals surface area contributed by atoms with Gasteiger partial charge in [0.1, 0.15) is 13.3 Å². The molecular formula is C8H18BNOS. The Bertz CT molecular complexity index is 150. The third kappa shape index (κ3) is 2.68. The number of hydrogen-bond donors (Lipinski definition) is 1. The first-order valence-corrected chi connectivity index (χ1v) is 5.00. The van der Waals surface area contributed by atoms with Crippen molar-refractivity contribution in [2.75, 3.05) is 13.1 Å². The molecule has 12 heavy (non-hydrogen) atoms. The van der Waals surface area contributed by atoms with Crippen LogP contribution in [0.4, 0.5) is 0 Å². The Kier molecular flexibility index (Phi) is 3.13. The lowest BCUT2D eigenvalue weighted by atomic mass is 9.95. The van der Waals surface area contributed by atoms with Crippen LogP contribution in [0.15, 0.2) is 0 Å². The Balaban J connectivity index is 2.55. The molecule has 0 aromatic rings. The van der Waals surface area contributed by atoms with E-state index in [0.29, 0.717) is 6.00 Å². The molecule has 0 aliphatic carbocycles. The van der Waals surface area contributed by atoms with E-state index in [1.807, 2.05) is 0 Å². The van der Waals surface area contributed by atoms with E-state index in [2.05, 4.69) is 46.1 Å². The minimum Gasteiger partial charge on any atom is -0.371 e. The first-order valence-electron chi connectivity index (χ1n) is 4.48. The maximum Gasteiger partial charge on any atom is 0.140 e. The number of thiol groups is 1. The van der Waals surface area contributed by atoms with Crippen LogP contribution in [0.5, 0.6) is 0 Å². The summed E-state index contributed by atoms with van der Waals surface area (Å²) in [7, 11) is 2.10. The Hall–Kier alpha value is 0.335. The second-order valence-electron chi connectivity index (χ2n) is 4.48. The molecule has 1 aliphatic heterocycles. The van der Waals surface area contributed by atoms with Gasteiger partial charge >= 0.3 is 0 Å². The first-order chi connectivity index (χ1) is 5.39. The lowest BCUT2D eigenvalue weighted by Crippen LogP contribution is -2.53. The average Bonchev–Trinajstić information content (AvgIpc) is 1.82. The molecule has 0 radical (unpaired) electrons. The molecule has 1 saturated heterocycles. The van der Waals surface area contributed by atoms with Gasteiger partial charge in [0.05, 0.1) is 0 Å². The van der Waals surface area contributed by atoms with Crippen molar-refractivity contribution in [3.8, 4) is 0 Å². The van der Waals surface area contributed by atoms with Crippen LogP contribution >= 0.6 is 12.6 Å². The lowest BCUT2D eigenvalue weighted by Gasteiger charge is -2.43. The average molecular weight is 187 g/mol. The van der Waals surface area contributed by atoms with Crippen molar-refractivity contribution in [3.05, 3.63) is 0 Å². The third-order valence-corrected chi connectivity index (χ3v) is 2.48. The van der Waals surface area contributed by atoms with Gasteiger partial charge in [-0.1, -0.05) is 0 Å². The summed E-state index contributed by atoms with van der Waals surface area (Å²) in [4.78, 5) is 2.42. The molecule has 0 amide bonds. The molecule has 1 heterocycles. The summed E-state index contributed by atoms with van der Waals surface area (Å²) in [6.45, 7) is 8.63. The lowest BCUT2D eigenvalue weighted by molar-refractivity contribution is -0.0382. The van der Waals surface area contributed by atoms with Gasteiger partial charge in [-0.2, -0.15) is 0 Å². The predicted molar refractivity (Wildman–Crippen MR) is 57.5 cm³/mol. The quantitative estimate of drug-likeness (QED) is 0.433. The minimum absolute atomic E-state index is 0.0768. The van der Waals surface area contributed by atoms with Crippen LogP contribution in [0.2, 0.25) is 0 Å². The van der Waals surface area contributed by atoms with Gasteiger partial charge in [0.25, 0.3) is 0 Å². The van der Waals surface area contributed by atoms with Crippen LogP contribution < -0.4 is 0 Å². The van der Waals surface area contributed by atoms with E-state index >= 15 is 0 Å². The Morgan fingerprint density at radius 3 is 2.42 bits per heavy atom. The van der Waals surface area contributed by atoms with Crippen LogP contribution in [0, 0.1) is 0 Å². The molecule has 2 atom stereocenters. The highest BCUT2D eigenvalue weighted by molar-refractivity contribution is 7.80. The number of nitrogens with zero attached hydrogens (tertiary/aromatic N) is 1. The molecule has 0 aromatic carbocycles. The van der Waals surface area contributed by atoms with Crippen LogP contribution in [0.25, 0.3) is 0 Å². The summed E-state index contributed by atoms with van der Waals surface area (Å²) < 4.78 is 5.53. The zero-order chi connectivity index (χ0) is 9.35. The van der Waals surface area contributed by atoms with E-state index < -0.39 is 0 Å². The van der Waals surface area contributed by atoms with Crippen molar-refractivity contribution in [2.45, 2.75) is 37.7 Å². The fourth-order valence-corrected chi connectivity index (χ4v) is 1.88. The van der Waals surface area contributed by atoms with Crippen LogP contribution in [-0.4, -0.2) is 42.8 Å². The van der Waals surface area contributed by atoms with Gasteiger partial charge in [-0.3, -0.25) is 4.90 Å². The maximum absolute atomic E-state index is 5.53. The number of morpholine rings is 1. The molecule has 4 heteroatoms. The summed E-state index contributed by atoms with van der Waals surface area (Å²) in [6, 6.07) is 0.306. The van der Waals surface area contributed by atoms with E-state index in [1.54, 1.807) is 0 Å². The number of ether oxygens (including phenoxy) is 1. The molecule has 1 aliphatic rings. The van der Waals surface area contributed by atoms with E-state index in [-0.39, 0.29) is 11.0 Å². The van der Waals surface area contributed by atoms with Gasteiger partial charge in [-0.05, 0) is 20.8 Å². The SMILES string of the molecule is BC1CN(C(C)(C)C)CC(S)O1. The van der Waals surface area contributed by atoms with E-state index in [4.69, 9.17) is 4.74 Å². The first kappa shape index (κ1) is 10.4. The second-order valence-corrected chi connectivity index (χ2v) is 5.05. The number of rotatable bonds is 0. The Labute approximate surface area is 81.5 Å². The van der Waals surface area contributed by atoms with Gasteiger partial charge < -0.3 is 4.74 Å². The van der Waals surface area contributed by atoms with Gasteiger partial charge in [0.15, 0.2) is 0 Å². The summed E-state index contributed by atoms with van der Waals surface area (Å²) in [5.74, 6) is 0. The molecule has 2 nitrogen and oxygen atoms in total. The zero-order valence-electron chi connectivity index (χ0n) is 8.37. The van der Waals surface area contributed by atoms with Crippen LogP contribution in [0.3, 0.4) is 0 Å². The zero-order valence-corrected chi connectivity index (χ0v) is 9.27. The van der Waals surface area contributed by atoms with Gasteiger partial charge in [-0.15, -0.1) is 12.6 Å². The normalized spacial score (nSPS) is 33.7. The van der Waals surface area contributed by atoms with E-state index in [9.17, 15) is 0 Å². The van der Waals surface area contributed by atoms with E-state index in [1.165, 1.54) is 0 Å². The highest BCUT2D eigenvalue weighted by Crippen LogP contribution is 2.20. The molecule has 0 saturated carbocycles. The van der Waals surface area contributed by atoms with Gasteiger partial charge in [0, 0.05) is 24.6 Å². The molecule has 1 rings (SSSR count). The fourth-order valence-electron chi connectivity index (χ4n) is 1.48. The van der Waals surface area contributed by atoms with Crippen molar-refractivity contribution >= 4 is 20.5 Å². The van der Waals surface area contributed by atoms with Crippen LogP contribution in [0.1, 0.15) is 20.8 Å². The molecule has 0 N–H and O–H groups in total. The fraction of sp³-hybridized carbons (Fsp3) is 1.00. The molecule has 0 spiro atoms. The Morgan fingerprint density at radius 2 is 2.00 bits per heavy atom. The van der Waals surface area contributed by atoms with Crippen molar-refractivity contribution in [1.29, 1.82) is 0 Å². The van der Waals surface area contributed by atoms with Crippen molar-refractivity contribution in [2.24, 2.45) is 0 Å². The molecular weight excluding hydrogens is 169 g/mol. The minimum atomic E-state index is 0.0768. The molecule has 0 bridgehead atoms. The molecule has 0 aromatic heterocycles. The second kappa shape index (κ2) is 3.60. The van der Waals surface area contributed by atoms with E-state index in [0.717, 1.165) is 13.1 Å². The molecule has 2 unspecified atom stereocenters. The van der Waals surface area contributed by atoms with Crippen molar-refractivity contribution in [1.82, 2.24) is 4.90 Å². The summed E-state index contributed by atoms with van der Waals surface area (Å²) in [6.07, 6.45) is 0. The molecule has 1 fully saturated rings. The summed E-state index contributed by atoms with van der Waals surface area (Å²) in [5.41, 5.74) is 0.312. The highest BCUT2D eigenvalue weighted by Gasteiger charge is 2.29. The predicted octanol–water partition coefficient (Wildman–Crippen LogP) is 0.332. The van der Waals surface area contributed by atoms with Gasteiger partial charge in [0.2, 0.25) is 0 Å². The maximum atomic E-state index is 5.53. The standard InChI is InChI=1S/C8H18BNOS/c1-8(2,3)10-4-6(9)11-7(12)5-10/h6-7,12H,4-5,9H2,1-3H3. The highest BCUT2D eigenvalue weighted by atomic mass is 32.1. The van der Waals surface area contributed by atoms with Crippen molar-refractivity contribution < 1.29 is 4.74 Å². The number of hydrogen-bond acceptors (Lipinski definition) is 3. The summed E-state index contributed by atoms with van der Waals surface area (Å²) >= 11 is 4.35. The smallest absolute Gasteiger partial charge is 0.140 e. The Morgan fingerprint density at radius 1 is 1.42 bits per heavy atom. The van der Waals surface area contributed by atoms with Crippen molar-refractivity contribution in [3.63, 3.8) is 0 Å². The van der Waals surface area contributed by atoms with Gasteiger partial charge in [-0.25, -0.2) is 0 Å². The topological polar surface area (TPSA) is 12.5 Å². The third-order valence-electron chi connectivity index (χ3n) is 2.19. The van der Waals surface area contributed by atoms with Crippen LogP contribution in [-0.2, 0) is 4.74 Å². The largest absolute Gasteiger partial charge is 0.371 e. The summed E-state index contributed by atoms with van der Waals surface area (Å²) in [5, 5.41) is 0. The monoisotopic (exact) mass is 187 g/mol. The molecule has 70 valence electrons.